The number of fused-ring (bicyclic) bond motifs is 1. The second-order valence-corrected chi connectivity index (χ2v) is 5.03. The molecule has 0 bridgehead atoms. The minimum atomic E-state index is 0.632. The average molecular weight is 303 g/mol. The summed E-state index contributed by atoms with van der Waals surface area (Å²) in [6.07, 6.45) is 10.2. The molecule has 4 rings (SSSR count). The molecule has 4 aromatic rings. The Hall–Kier alpha value is -3.28. The molecule has 0 saturated heterocycles. The number of hydrogen-bond donors (Lipinski definition) is 1. The average Bonchev–Trinajstić information content (AvgIpc) is 3.15. The van der Waals surface area contributed by atoms with Gasteiger partial charge in [-0.25, -0.2) is 9.97 Å². The Morgan fingerprint density at radius 3 is 2.83 bits per heavy atom. The number of furan rings is 1. The monoisotopic (exact) mass is 303 g/mol. The molecule has 0 fully saturated rings. The topological polar surface area (TPSA) is 76.7 Å². The van der Waals surface area contributed by atoms with Gasteiger partial charge in [0.1, 0.15) is 12.1 Å². The van der Waals surface area contributed by atoms with Crippen molar-refractivity contribution < 1.29 is 4.42 Å². The molecule has 0 spiro atoms. The Labute approximate surface area is 132 Å². The number of nitrogens with zero attached hydrogens (tertiary/aromatic N) is 4. The molecule has 0 aliphatic rings. The molecule has 0 aliphatic carbocycles. The summed E-state index contributed by atoms with van der Waals surface area (Å²) in [4.78, 5) is 17.0. The van der Waals surface area contributed by atoms with Gasteiger partial charge in [-0.3, -0.25) is 9.97 Å². The first-order valence-electron chi connectivity index (χ1n) is 7.16. The first-order valence-corrected chi connectivity index (χ1v) is 7.16. The molecule has 0 saturated carbocycles. The van der Waals surface area contributed by atoms with Gasteiger partial charge in [0.25, 0.3) is 0 Å². The van der Waals surface area contributed by atoms with Crippen molar-refractivity contribution in [3.05, 3.63) is 67.3 Å². The summed E-state index contributed by atoms with van der Waals surface area (Å²) in [6, 6.07) is 7.80. The van der Waals surface area contributed by atoms with Crippen molar-refractivity contribution in [1.82, 2.24) is 19.9 Å². The van der Waals surface area contributed by atoms with Crippen molar-refractivity contribution in [2.45, 2.75) is 6.54 Å². The lowest BCUT2D eigenvalue weighted by Crippen LogP contribution is -2.03. The highest BCUT2D eigenvalue weighted by molar-refractivity contribution is 5.87. The first-order chi connectivity index (χ1) is 11.4. The SMILES string of the molecule is c1cc2c(NCc3ccc(-c4ccoc4)nc3)ncnc2cn1. The van der Waals surface area contributed by atoms with Crippen molar-refractivity contribution in [3.63, 3.8) is 0 Å². The van der Waals surface area contributed by atoms with Gasteiger partial charge in [-0.1, -0.05) is 6.07 Å². The van der Waals surface area contributed by atoms with E-state index in [2.05, 4.69) is 25.3 Å². The fourth-order valence-corrected chi connectivity index (χ4v) is 2.34. The summed E-state index contributed by atoms with van der Waals surface area (Å²) in [7, 11) is 0. The predicted octanol–water partition coefficient (Wildman–Crippen LogP) is 3.29. The summed E-state index contributed by atoms with van der Waals surface area (Å²) < 4.78 is 5.07. The number of nitrogens with one attached hydrogen (secondary N) is 1. The first kappa shape index (κ1) is 13.4. The molecule has 1 N–H and O–H groups in total. The third-order valence-electron chi connectivity index (χ3n) is 3.54. The molecule has 0 amide bonds. The van der Waals surface area contributed by atoms with Crippen LogP contribution in [0.3, 0.4) is 0 Å². The lowest BCUT2D eigenvalue weighted by atomic mass is 10.2. The van der Waals surface area contributed by atoms with Crippen LogP contribution in [0.4, 0.5) is 5.82 Å². The van der Waals surface area contributed by atoms with E-state index < -0.39 is 0 Å². The smallest absolute Gasteiger partial charge is 0.137 e. The van der Waals surface area contributed by atoms with Gasteiger partial charge in [-0.2, -0.15) is 0 Å². The fourth-order valence-electron chi connectivity index (χ4n) is 2.34. The van der Waals surface area contributed by atoms with Crippen molar-refractivity contribution in [2.75, 3.05) is 5.32 Å². The van der Waals surface area contributed by atoms with Gasteiger partial charge in [0.2, 0.25) is 0 Å². The summed E-state index contributed by atoms with van der Waals surface area (Å²) >= 11 is 0. The maximum absolute atomic E-state index is 5.07. The van der Waals surface area contributed by atoms with Gasteiger partial charge < -0.3 is 9.73 Å². The van der Waals surface area contributed by atoms with Crippen molar-refractivity contribution in [2.24, 2.45) is 0 Å². The molecule has 6 heteroatoms. The maximum atomic E-state index is 5.07. The van der Waals surface area contributed by atoms with E-state index in [0.717, 1.165) is 33.5 Å². The van der Waals surface area contributed by atoms with Gasteiger partial charge in [-0.15, -0.1) is 0 Å². The van der Waals surface area contributed by atoms with E-state index in [1.165, 1.54) is 6.33 Å². The van der Waals surface area contributed by atoms with E-state index in [0.29, 0.717) is 6.54 Å². The molecule has 0 unspecified atom stereocenters. The zero-order chi connectivity index (χ0) is 15.5. The number of rotatable bonds is 4. The molecule has 4 aromatic heterocycles. The highest BCUT2D eigenvalue weighted by atomic mass is 16.3. The molecule has 0 radical (unpaired) electrons. The van der Waals surface area contributed by atoms with Crippen molar-refractivity contribution in [3.8, 4) is 11.3 Å². The summed E-state index contributed by atoms with van der Waals surface area (Å²) in [6.45, 7) is 0.632. The van der Waals surface area contributed by atoms with Crippen LogP contribution in [0.15, 0.2) is 66.1 Å². The lowest BCUT2D eigenvalue weighted by molar-refractivity contribution is 0.568. The highest BCUT2D eigenvalue weighted by Gasteiger charge is 2.04. The zero-order valence-corrected chi connectivity index (χ0v) is 12.2. The summed E-state index contributed by atoms with van der Waals surface area (Å²) in [5, 5.41) is 4.27. The Morgan fingerprint density at radius 1 is 1.00 bits per heavy atom. The van der Waals surface area contributed by atoms with E-state index in [1.54, 1.807) is 24.9 Å². The van der Waals surface area contributed by atoms with Crippen molar-refractivity contribution >= 4 is 16.7 Å². The zero-order valence-electron chi connectivity index (χ0n) is 12.2. The Morgan fingerprint density at radius 2 is 2.00 bits per heavy atom. The van der Waals surface area contributed by atoms with E-state index in [4.69, 9.17) is 4.42 Å². The van der Waals surface area contributed by atoms with Gasteiger partial charge in [-0.05, 0) is 23.8 Å². The van der Waals surface area contributed by atoms with E-state index in [9.17, 15) is 0 Å². The summed E-state index contributed by atoms with van der Waals surface area (Å²) in [5.74, 6) is 0.788. The molecule has 112 valence electrons. The van der Waals surface area contributed by atoms with Gasteiger partial charge in [0, 0.05) is 29.9 Å². The van der Waals surface area contributed by atoms with E-state index in [1.807, 2.05) is 30.5 Å². The van der Waals surface area contributed by atoms with E-state index >= 15 is 0 Å². The third-order valence-corrected chi connectivity index (χ3v) is 3.54. The number of hydrogen-bond acceptors (Lipinski definition) is 6. The quantitative estimate of drug-likeness (QED) is 0.623. The Bertz CT molecular complexity index is 914. The predicted molar refractivity (Wildman–Crippen MR) is 86.6 cm³/mol. The van der Waals surface area contributed by atoms with Crippen LogP contribution in [0.2, 0.25) is 0 Å². The van der Waals surface area contributed by atoms with Crippen LogP contribution in [0.5, 0.6) is 0 Å². The van der Waals surface area contributed by atoms with Gasteiger partial charge >= 0.3 is 0 Å². The highest BCUT2D eigenvalue weighted by Crippen LogP contribution is 2.19. The fraction of sp³-hybridized carbons (Fsp3) is 0.0588. The maximum Gasteiger partial charge on any atom is 0.137 e. The molecular weight excluding hydrogens is 290 g/mol. The Kier molecular flexibility index (Phi) is 3.40. The molecular formula is C17H13N5O. The standard InChI is InChI=1S/C17H13N5O/c1-2-15(13-4-6-23-10-13)19-7-12(1)8-20-17-14-3-5-18-9-16(14)21-11-22-17/h1-7,9-11H,8H2,(H,20,21,22). The van der Waals surface area contributed by atoms with Crippen LogP contribution in [0.1, 0.15) is 5.56 Å². The van der Waals surface area contributed by atoms with Crippen molar-refractivity contribution in [1.29, 1.82) is 0 Å². The van der Waals surface area contributed by atoms with Crippen LogP contribution < -0.4 is 5.32 Å². The second-order valence-electron chi connectivity index (χ2n) is 5.03. The third kappa shape index (κ3) is 2.74. The number of anilines is 1. The van der Waals surface area contributed by atoms with Crippen LogP contribution in [-0.4, -0.2) is 19.9 Å². The van der Waals surface area contributed by atoms with E-state index in [-0.39, 0.29) is 0 Å². The molecule has 0 aromatic carbocycles. The minimum absolute atomic E-state index is 0.632. The van der Waals surface area contributed by atoms with Gasteiger partial charge in [0.05, 0.1) is 29.9 Å². The normalized spacial score (nSPS) is 10.8. The largest absolute Gasteiger partial charge is 0.472 e. The number of aromatic nitrogens is 4. The second kappa shape index (κ2) is 5.84. The summed E-state index contributed by atoms with van der Waals surface area (Å²) in [5.41, 5.74) is 3.75. The molecule has 23 heavy (non-hydrogen) atoms. The minimum Gasteiger partial charge on any atom is -0.472 e. The van der Waals surface area contributed by atoms with Crippen LogP contribution in [-0.2, 0) is 6.54 Å². The van der Waals surface area contributed by atoms with Crippen LogP contribution in [0, 0.1) is 0 Å². The lowest BCUT2D eigenvalue weighted by Gasteiger charge is -2.08. The molecule has 4 heterocycles. The van der Waals surface area contributed by atoms with Crippen LogP contribution in [0.25, 0.3) is 22.2 Å². The molecule has 0 aliphatic heterocycles. The number of pyridine rings is 2. The van der Waals surface area contributed by atoms with Gasteiger partial charge in [0.15, 0.2) is 0 Å². The molecule has 0 atom stereocenters. The van der Waals surface area contributed by atoms with Crippen LogP contribution >= 0.6 is 0 Å². The molecule has 6 nitrogen and oxygen atoms in total. The Balaban J connectivity index is 1.52.